The zero-order valence-corrected chi connectivity index (χ0v) is 14.5. The van der Waals surface area contributed by atoms with E-state index in [-0.39, 0.29) is 5.88 Å². The summed E-state index contributed by atoms with van der Waals surface area (Å²) < 4.78 is 28.9. The molecule has 2 heterocycles. The van der Waals surface area contributed by atoms with Crippen LogP contribution in [-0.4, -0.2) is 50.8 Å². The van der Waals surface area contributed by atoms with Crippen molar-refractivity contribution in [1.82, 2.24) is 29.2 Å². The molecule has 1 saturated heterocycles. The van der Waals surface area contributed by atoms with Gasteiger partial charge in [-0.2, -0.15) is 17.8 Å². The van der Waals surface area contributed by atoms with Crippen LogP contribution in [0.2, 0.25) is 0 Å². The normalized spacial score (nSPS) is 19.8. The zero-order chi connectivity index (χ0) is 17.2. The van der Waals surface area contributed by atoms with Crippen molar-refractivity contribution in [2.75, 3.05) is 5.88 Å². The van der Waals surface area contributed by atoms with Gasteiger partial charge in [0.05, 0.1) is 11.6 Å². The average molecular weight is 368 g/mol. The number of amides is 1. The van der Waals surface area contributed by atoms with Gasteiger partial charge in [0.2, 0.25) is 5.16 Å². The highest BCUT2D eigenvalue weighted by molar-refractivity contribution is 8.00. The van der Waals surface area contributed by atoms with Crippen molar-refractivity contribution in [3.63, 3.8) is 0 Å². The monoisotopic (exact) mass is 368 g/mol. The van der Waals surface area contributed by atoms with Gasteiger partial charge in [-0.3, -0.25) is 4.79 Å². The summed E-state index contributed by atoms with van der Waals surface area (Å²) >= 11 is 1.08. The molecule has 11 heteroatoms. The first-order valence-corrected chi connectivity index (χ1v) is 9.76. The lowest BCUT2D eigenvalue weighted by Crippen LogP contribution is -2.32. The number of para-hydroxylation sites is 1. The number of hydrogen-bond donors (Lipinski definition) is 1. The third kappa shape index (κ3) is 3.28. The van der Waals surface area contributed by atoms with Crippen molar-refractivity contribution >= 4 is 27.9 Å². The lowest BCUT2D eigenvalue weighted by Gasteiger charge is -2.13. The van der Waals surface area contributed by atoms with Gasteiger partial charge in [0.15, 0.2) is 0 Å². The van der Waals surface area contributed by atoms with Crippen LogP contribution < -0.4 is 4.72 Å². The summed E-state index contributed by atoms with van der Waals surface area (Å²) in [7, 11) is -3.80. The lowest BCUT2D eigenvalue weighted by atomic mass is 10.2. The van der Waals surface area contributed by atoms with E-state index in [1.165, 1.54) is 4.68 Å². The molecule has 9 nitrogen and oxygen atoms in total. The van der Waals surface area contributed by atoms with E-state index in [1.807, 2.05) is 37.3 Å². The number of hydrogen-bond acceptors (Lipinski definition) is 7. The molecule has 0 aliphatic carbocycles. The molecule has 1 unspecified atom stereocenters. The van der Waals surface area contributed by atoms with Gasteiger partial charge in [0.1, 0.15) is 6.04 Å². The number of aromatic nitrogens is 4. The number of rotatable bonds is 6. The molecular weight excluding hydrogens is 352 g/mol. The molecule has 3 rings (SSSR count). The van der Waals surface area contributed by atoms with Crippen LogP contribution in [0.25, 0.3) is 5.69 Å². The minimum atomic E-state index is -3.80. The first kappa shape index (κ1) is 16.9. The Morgan fingerprint density at radius 3 is 2.75 bits per heavy atom. The molecule has 1 aromatic heterocycles. The van der Waals surface area contributed by atoms with Crippen molar-refractivity contribution in [3.05, 3.63) is 30.3 Å². The Morgan fingerprint density at radius 1 is 1.29 bits per heavy atom. The fourth-order valence-electron chi connectivity index (χ4n) is 2.31. The van der Waals surface area contributed by atoms with Gasteiger partial charge in [0, 0.05) is 0 Å². The van der Waals surface area contributed by atoms with Crippen molar-refractivity contribution in [2.24, 2.45) is 0 Å². The average Bonchev–Trinajstić information content (AvgIpc) is 3.10. The first-order valence-electron chi connectivity index (χ1n) is 7.33. The summed E-state index contributed by atoms with van der Waals surface area (Å²) in [5, 5.41) is 11.8. The fourth-order valence-corrected chi connectivity index (χ4v) is 4.81. The molecule has 1 aliphatic heterocycles. The lowest BCUT2D eigenvalue weighted by molar-refractivity contribution is -0.126. The highest BCUT2D eigenvalue weighted by Crippen LogP contribution is 2.24. The molecule has 1 atom stereocenters. The number of tetrazole rings is 1. The molecule has 0 bridgehead atoms. The van der Waals surface area contributed by atoms with Gasteiger partial charge in [0.25, 0.3) is 5.91 Å². The number of carbonyl (C=O) groups is 1. The number of carbonyl (C=O) groups excluding carboxylic acids is 1. The second kappa shape index (κ2) is 6.87. The van der Waals surface area contributed by atoms with Crippen LogP contribution in [-0.2, 0) is 15.0 Å². The third-order valence-electron chi connectivity index (χ3n) is 3.46. The van der Waals surface area contributed by atoms with Gasteiger partial charge >= 0.3 is 10.2 Å². The molecule has 2 aromatic rings. The van der Waals surface area contributed by atoms with Crippen molar-refractivity contribution in [1.29, 1.82) is 0 Å². The fraction of sp³-hybridized carbons (Fsp3) is 0.385. The molecule has 0 spiro atoms. The van der Waals surface area contributed by atoms with Crippen molar-refractivity contribution in [3.8, 4) is 5.69 Å². The molecule has 1 aromatic carbocycles. The maximum absolute atomic E-state index is 12.2. The van der Waals surface area contributed by atoms with Crippen molar-refractivity contribution < 1.29 is 13.2 Å². The Labute approximate surface area is 143 Å². The van der Waals surface area contributed by atoms with E-state index < -0.39 is 22.2 Å². The molecule has 0 saturated carbocycles. The molecular formula is C13H16N6O3S2. The summed E-state index contributed by atoms with van der Waals surface area (Å²) in [6.45, 7) is 1.90. The summed E-state index contributed by atoms with van der Waals surface area (Å²) in [4.78, 5) is 12.2. The van der Waals surface area contributed by atoms with Crippen LogP contribution in [0.15, 0.2) is 35.5 Å². The molecule has 1 amide bonds. The number of thioether (sulfide) groups is 1. The van der Waals surface area contributed by atoms with Crippen LogP contribution in [0, 0.1) is 0 Å². The Morgan fingerprint density at radius 2 is 2.04 bits per heavy atom. The van der Waals surface area contributed by atoms with Gasteiger partial charge in [-0.25, -0.2) is 4.31 Å². The summed E-state index contributed by atoms with van der Waals surface area (Å²) in [5.41, 5.74) is 0.752. The standard InChI is InChI=1S/C13H16N6O3S2/c1-2-6-11-12(20)18(24(21,22)15-11)9-23-13-14-16-17-19(13)10-7-4-3-5-8-10/h3-5,7-8,11,15H,2,6,9H2,1H3. The van der Waals surface area contributed by atoms with Crippen molar-refractivity contribution in [2.45, 2.75) is 31.0 Å². The highest BCUT2D eigenvalue weighted by Gasteiger charge is 2.42. The number of benzene rings is 1. The first-order chi connectivity index (χ1) is 11.5. The van der Waals surface area contributed by atoms with E-state index in [4.69, 9.17) is 0 Å². The van der Waals surface area contributed by atoms with E-state index in [0.717, 1.165) is 21.8 Å². The van der Waals surface area contributed by atoms with E-state index in [1.54, 1.807) is 0 Å². The summed E-state index contributed by atoms with van der Waals surface area (Å²) in [5.74, 6) is -0.523. The SMILES string of the molecule is CCCC1NS(=O)(=O)N(CSc2nnnn2-c2ccccc2)C1=O. The smallest absolute Gasteiger partial charge is 0.272 e. The quantitative estimate of drug-likeness (QED) is 0.742. The van der Waals surface area contributed by atoms with E-state index >= 15 is 0 Å². The maximum atomic E-state index is 12.2. The molecule has 1 aliphatic rings. The minimum Gasteiger partial charge on any atom is -0.272 e. The molecule has 0 radical (unpaired) electrons. The highest BCUT2D eigenvalue weighted by atomic mass is 32.2. The number of nitrogens with zero attached hydrogens (tertiary/aromatic N) is 5. The summed E-state index contributed by atoms with van der Waals surface area (Å²) in [6, 6.07) is 8.54. The predicted octanol–water partition coefficient (Wildman–Crippen LogP) is 0.557. The van der Waals surface area contributed by atoms with Crippen LogP contribution in [0.1, 0.15) is 19.8 Å². The second-order valence-electron chi connectivity index (χ2n) is 5.13. The largest absolute Gasteiger partial charge is 0.305 e. The molecule has 1 N–H and O–H groups in total. The summed E-state index contributed by atoms with van der Waals surface area (Å²) in [6.07, 6.45) is 1.19. The van der Waals surface area contributed by atoms with E-state index in [2.05, 4.69) is 20.2 Å². The van der Waals surface area contributed by atoms with Crippen LogP contribution in [0.3, 0.4) is 0 Å². The van der Waals surface area contributed by atoms with Gasteiger partial charge in [-0.1, -0.05) is 43.3 Å². The second-order valence-corrected chi connectivity index (χ2v) is 7.67. The number of nitrogens with one attached hydrogen (secondary N) is 1. The van der Waals surface area contributed by atoms with E-state index in [0.29, 0.717) is 18.0 Å². The minimum absolute atomic E-state index is 0.0818. The Balaban J connectivity index is 1.75. The molecule has 128 valence electrons. The Hall–Kier alpha value is -1.98. The Bertz CT molecular complexity index is 823. The molecule has 1 fully saturated rings. The van der Waals surface area contributed by atoms with Crippen LogP contribution in [0.4, 0.5) is 0 Å². The topological polar surface area (TPSA) is 110 Å². The van der Waals surface area contributed by atoms with Gasteiger partial charge in [-0.05, 0) is 29.0 Å². The van der Waals surface area contributed by atoms with Crippen LogP contribution in [0.5, 0.6) is 0 Å². The predicted molar refractivity (Wildman–Crippen MR) is 87.5 cm³/mol. The zero-order valence-electron chi connectivity index (χ0n) is 12.9. The Kier molecular flexibility index (Phi) is 4.83. The van der Waals surface area contributed by atoms with E-state index in [9.17, 15) is 13.2 Å². The third-order valence-corrected chi connectivity index (χ3v) is 5.99. The van der Waals surface area contributed by atoms with Crippen LogP contribution >= 0.6 is 11.8 Å². The van der Waals surface area contributed by atoms with Gasteiger partial charge in [-0.15, -0.1) is 5.10 Å². The maximum Gasteiger partial charge on any atom is 0.305 e. The molecule has 24 heavy (non-hydrogen) atoms. The van der Waals surface area contributed by atoms with Gasteiger partial charge < -0.3 is 0 Å².